The first kappa shape index (κ1) is 15.3. The van der Waals surface area contributed by atoms with E-state index in [4.69, 9.17) is 4.52 Å². The maximum atomic E-state index is 5.29. The standard InChI is InChI=1S/C15H19N7O/c1-10(2)14(15-17-11(3)19-23-15)16-9-13-18-20-21-22(13)12-7-5-4-6-8-12/h4-8,10,14,16H,9H2,1-3H3/t14-/m0/s1. The minimum atomic E-state index is -0.0582. The normalized spacial score (nSPS) is 12.7. The summed E-state index contributed by atoms with van der Waals surface area (Å²) in [4.78, 5) is 4.31. The lowest BCUT2D eigenvalue weighted by molar-refractivity contribution is 0.285. The second-order valence-corrected chi connectivity index (χ2v) is 5.62. The van der Waals surface area contributed by atoms with Gasteiger partial charge < -0.3 is 4.52 Å². The Hall–Kier alpha value is -2.61. The van der Waals surface area contributed by atoms with Gasteiger partial charge in [0.2, 0.25) is 5.89 Å². The van der Waals surface area contributed by atoms with Crippen LogP contribution in [-0.2, 0) is 6.54 Å². The first-order valence-corrected chi connectivity index (χ1v) is 7.51. The summed E-state index contributed by atoms with van der Waals surface area (Å²) >= 11 is 0. The number of nitrogens with zero attached hydrogens (tertiary/aromatic N) is 6. The summed E-state index contributed by atoms with van der Waals surface area (Å²) in [5.41, 5.74) is 0.920. The Kier molecular flexibility index (Phi) is 4.42. The van der Waals surface area contributed by atoms with E-state index in [0.29, 0.717) is 18.3 Å². The Morgan fingerprint density at radius 3 is 2.65 bits per heavy atom. The molecule has 3 rings (SSSR count). The molecular weight excluding hydrogens is 294 g/mol. The summed E-state index contributed by atoms with van der Waals surface area (Å²) in [6.07, 6.45) is 0. The van der Waals surface area contributed by atoms with Crippen LogP contribution in [0.4, 0.5) is 0 Å². The third kappa shape index (κ3) is 3.42. The van der Waals surface area contributed by atoms with Crippen LogP contribution in [0.2, 0.25) is 0 Å². The predicted octanol–water partition coefficient (Wildman–Crippen LogP) is 1.84. The van der Waals surface area contributed by atoms with Gasteiger partial charge in [-0.1, -0.05) is 37.2 Å². The molecule has 1 atom stereocenters. The first-order chi connectivity index (χ1) is 11.1. The molecule has 0 unspecified atom stereocenters. The minimum absolute atomic E-state index is 0.0582. The van der Waals surface area contributed by atoms with Crippen molar-refractivity contribution in [2.45, 2.75) is 33.4 Å². The molecule has 23 heavy (non-hydrogen) atoms. The molecule has 0 amide bonds. The lowest BCUT2D eigenvalue weighted by Crippen LogP contribution is -2.27. The Balaban J connectivity index is 1.76. The van der Waals surface area contributed by atoms with Gasteiger partial charge in [0.1, 0.15) is 0 Å². The smallest absolute Gasteiger partial charge is 0.244 e. The Labute approximate surface area is 133 Å². The van der Waals surface area contributed by atoms with E-state index in [1.54, 1.807) is 11.6 Å². The van der Waals surface area contributed by atoms with Crippen molar-refractivity contribution in [3.8, 4) is 5.69 Å². The number of aryl methyl sites for hydroxylation is 1. The fraction of sp³-hybridized carbons (Fsp3) is 0.400. The van der Waals surface area contributed by atoms with Crippen molar-refractivity contribution in [1.82, 2.24) is 35.7 Å². The van der Waals surface area contributed by atoms with Crippen molar-refractivity contribution in [2.75, 3.05) is 0 Å². The van der Waals surface area contributed by atoms with Gasteiger partial charge in [-0.05, 0) is 35.4 Å². The van der Waals surface area contributed by atoms with Gasteiger partial charge in [0.05, 0.1) is 18.3 Å². The van der Waals surface area contributed by atoms with Crippen LogP contribution in [0.1, 0.15) is 37.4 Å². The predicted molar refractivity (Wildman–Crippen MR) is 82.6 cm³/mol. The lowest BCUT2D eigenvalue weighted by atomic mass is 10.0. The maximum Gasteiger partial charge on any atom is 0.244 e. The molecule has 3 aromatic rings. The zero-order chi connectivity index (χ0) is 16.2. The topological polar surface area (TPSA) is 94.5 Å². The maximum absolute atomic E-state index is 5.29. The lowest BCUT2D eigenvalue weighted by Gasteiger charge is -2.18. The Bertz CT molecular complexity index is 750. The summed E-state index contributed by atoms with van der Waals surface area (Å²) in [7, 11) is 0. The highest BCUT2D eigenvalue weighted by atomic mass is 16.5. The molecule has 0 aliphatic heterocycles. The number of benzene rings is 1. The number of para-hydroxylation sites is 1. The zero-order valence-electron chi connectivity index (χ0n) is 13.3. The van der Waals surface area contributed by atoms with Crippen molar-refractivity contribution in [2.24, 2.45) is 5.92 Å². The van der Waals surface area contributed by atoms with Crippen LogP contribution in [-0.4, -0.2) is 30.3 Å². The van der Waals surface area contributed by atoms with E-state index >= 15 is 0 Å². The second-order valence-electron chi connectivity index (χ2n) is 5.62. The molecule has 2 heterocycles. The number of rotatable bonds is 6. The molecule has 0 aliphatic carbocycles. The van der Waals surface area contributed by atoms with Crippen molar-refractivity contribution in [3.05, 3.63) is 47.9 Å². The molecule has 2 aromatic heterocycles. The SMILES string of the molecule is Cc1noc([C@@H](NCc2nnnn2-c2ccccc2)C(C)C)n1. The van der Waals surface area contributed by atoms with Gasteiger partial charge in [-0.2, -0.15) is 9.67 Å². The molecule has 0 aliphatic rings. The fourth-order valence-electron chi connectivity index (χ4n) is 2.33. The van der Waals surface area contributed by atoms with Crippen LogP contribution in [0.15, 0.2) is 34.9 Å². The number of hydrogen-bond donors (Lipinski definition) is 1. The van der Waals surface area contributed by atoms with Gasteiger partial charge >= 0.3 is 0 Å². The van der Waals surface area contributed by atoms with Crippen LogP contribution < -0.4 is 5.32 Å². The zero-order valence-corrected chi connectivity index (χ0v) is 13.3. The summed E-state index contributed by atoms with van der Waals surface area (Å²) < 4.78 is 7.00. The average Bonchev–Trinajstić information content (AvgIpc) is 3.17. The molecular formula is C15H19N7O. The van der Waals surface area contributed by atoms with Gasteiger partial charge in [-0.15, -0.1) is 5.10 Å². The average molecular weight is 313 g/mol. The molecule has 0 spiro atoms. The quantitative estimate of drug-likeness (QED) is 0.742. The molecule has 0 bridgehead atoms. The molecule has 0 fully saturated rings. The van der Waals surface area contributed by atoms with E-state index in [-0.39, 0.29) is 12.0 Å². The van der Waals surface area contributed by atoms with E-state index in [1.165, 1.54) is 0 Å². The molecule has 1 N–H and O–H groups in total. The van der Waals surface area contributed by atoms with Gasteiger partial charge in [-0.3, -0.25) is 5.32 Å². The molecule has 8 nitrogen and oxygen atoms in total. The van der Waals surface area contributed by atoms with E-state index in [9.17, 15) is 0 Å². The van der Waals surface area contributed by atoms with Crippen molar-refractivity contribution >= 4 is 0 Å². The van der Waals surface area contributed by atoms with E-state index in [0.717, 1.165) is 11.5 Å². The molecule has 8 heteroatoms. The van der Waals surface area contributed by atoms with E-state index < -0.39 is 0 Å². The van der Waals surface area contributed by atoms with E-state index in [1.807, 2.05) is 30.3 Å². The van der Waals surface area contributed by atoms with E-state index in [2.05, 4.69) is 44.8 Å². The van der Waals surface area contributed by atoms with Crippen LogP contribution in [0.25, 0.3) is 5.69 Å². The monoisotopic (exact) mass is 313 g/mol. The molecule has 0 radical (unpaired) electrons. The van der Waals surface area contributed by atoms with Gasteiger partial charge in [0.25, 0.3) is 0 Å². The minimum Gasteiger partial charge on any atom is -0.338 e. The van der Waals surface area contributed by atoms with Crippen molar-refractivity contribution < 1.29 is 4.52 Å². The van der Waals surface area contributed by atoms with Crippen LogP contribution in [0.5, 0.6) is 0 Å². The van der Waals surface area contributed by atoms with Crippen molar-refractivity contribution in [3.63, 3.8) is 0 Å². The number of tetrazole rings is 1. The molecule has 1 aromatic carbocycles. The van der Waals surface area contributed by atoms with Crippen LogP contribution in [0.3, 0.4) is 0 Å². The van der Waals surface area contributed by atoms with Crippen LogP contribution in [0, 0.1) is 12.8 Å². The van der Waals surface area contributed by atoms with Gasteiger partial charge in [0.15, 0.2) is 11.6 Å². The van der Waals surface area contributed by atoms with Gasteiger partial charge in [0, 0.05) is 0 Å². The largest absolute Gasteiger partial charge is 0.338 e. The highest BCUT2D eigenvalue weighted by Gasteiger charge is 2.22. The second kappa shape index (κ2) is 6.66. The van der Waals surface area contributed by atoms with Crippen LogP contribution >= 0.6 is 0 Å². The molecule has 0 saturated heterocycles. The first-order valence-electron chi connectivity index (χ1n) is 7.51. The summed E-state index contributed by atoms with van der Waals surface area (Å²) in [5.74, 6) is 2.21. The molecule has 0 saturated carbocycles. The van der Waals surface area contributed by atoms with Crippen molar-refractivity contribution in [1.29, 1.82) is 0 Å². The highest BCUT2D eigenvalue weighted by molar-refractivity contribution is 5.30. The summed E-state index contributed by atoms with van der Waals surface area (Å²) in [5, 5.41) is 19.2. The number of aromatic nitrogens is 6. The number of nitrogens with one attached hydrogen (secondary N) is 1. The Morgan fingerprint density at radius 2 is 2.00 bits per heavy atom. The van der Waals surface area contributed by atoms with Gasteiger partial charge in [-0.25, -0.2) is 0 Å². The fourth-order valence-corrected chi connectivity index (χ4v) is 2.33. The molecule has 120 valence electrons. The Morgan fingerprint density at radius 1 is 1.22 bits per heavy atom. The third-order valence-corrected chi connectivity index (χ3v) is 3.49. The third-order valence-electron chi connectivity index (χ3n) is 3.49. The number of hydrogen-bond acceptors (Lipinski definition) is 7. The highest BCUT2D eigenvalue weighted by Crippen LogP contribution is 2.20. The summed E-state index contributed by atoms with van der Waals surface area (Å²) in [6, 6.07) is 9.72. The summed E-state index contributed by atoms with van der Waals surface area (Å²) in [6.45, 7) is 6.49.